The molecule has 1 aliphatic heterocycles. The summed E-state index contributed by atoms with van der Waals surface area (Å²) in [4.78, 5) is 10.2. The molecule has 16 heavy (non-hydrogen) atoms. The van der Waals surface area contributed by atoms with E-state index in [4.69, 9.17) is 10.5 Å². The lowest BCUT2D eigenvalue weighted by Gasteiger charge is -2.26. The maximum absolute atomic E-state index is 5.40. The zero-order chi connectivity index (χ0) is 11.2. The van der Waals surface area contributed by atoms with Gasteiger partial charge in [0.05, 0.1) is 19.4 Å². The zero-order valence-corrected chi connectivity index (χ0v) is 9.35. The molecule has 5 heteroatoms. The van der Waals surface area contributed by atoms with Crippen LogP contribution in [0.15, 0.2) is 6.20 Å². The van der Waals surface area contributed by atoms with E-state index in [1.54, 1.807) is 6.20 Å². The SMILES string of the molecule is Nc1n[c]c(CCCN2CCOCC2)cn1. The Morgan fingerprint density at radius 3 is 2.94 bits per heavy atom. The van der Waals surface area contributed by atoms with Crippen molar-refractivity contribution < 1.29 is 4.74 Å². The third-order valence-electron chi connectivity index (χ3n) is 2.69. The predicted molar refractivity (Wildman–Crippen MR) is 60.9 cm³/mol. The lowest BCUT2D eigenvalue weighted by atomic mass is 10.2. The smallest absolute Gasteiger partial charge is 0.220 e. The molecule has 0 unspecified atom stereocenters. The Hall–Kier alpha value is -1.20. The monoisotopic (exact) mass is 221 g/mol. The molecule has 5 nitrogen and oxygen atoms in total. The molecule has 0 spiro atoms. The van der Waals surface area contributed by atoms with Crippen LogP contribution in [0.25, 0.3) is 0 Å². The molecular weight excluding hydrogens is 204 g/mol. The second-order valence-corrected chi connectivity index (χ2v) is 3.92. The number of hydrogen-bond donors (Lipinski definition) is 1. The van der Waals surface area contributed by atoms with Crippen molar-refractivity contribution in [2.45, 2.75) is 12.8 Å². The minimum absolute atomic E-state index is 0.289. The normalized spacial score (nSPS) is 17.5. The molecule has 0 amide bonds. The van der Waals surface area contributed by atoms with E-state index in [0.29, 0.717) is 0 Å². The van der Waals surface area contributed by atoms with Gasteiger partial charge in [0.1, 0.15) is 0 Å². The largest absolute Gasteiger partial charge is 0.379 e. The molecule has 0 atom stereocenters. The van der Waals surface area contributed by atoms with Crippen molar-refractivity contribution in [3.63, 3.8) is 0 Å². The van der Waals surface area contributed by atoms with Gasteiger partial charge >= 0.3 is 0 Å². The first-order chi connectivity index (χ1) is 7.84. The Labute approximate surface area is 95.6 Å². The minimum atomic E-state index is 0.289. The van der Waals surface area contributed by atoms with Gasteiger partial charge in [0.15, 0.2) is 0 Å². The van der Waals surface area contributed by atoms with E-state index in [0.717, 1.165) is 51.3 Å². The number of anilines is 1. The fraction of sp³-hybridized carbons (Fsp3) is 0.636. The van der Waals surface area contributed by atoms with Crippen molar-refractivity contribution in [2.24, 2.45) is 0 Å². The van der Waals surface area contributed by atoms with E-state index in [1.807, 2.05) is 0 Å². The summed E-state index contributed by atoms with van der Waals surface area (Å²) >= 11 is 0. The van der Waals surface area contributed by atoms with Crippen LogP contribution in [0.4, 0.5) is 5.95 Å². The van der Waals surface area contributed by atoms with Crippen molar-refractivity contribution >= 4 is 5.95 Å². The van der Waals surface area contributed by atoms with Crippen molar-refractivity contribution in [3.05, 3.63) is 18.0 Å². The summed E-state index contributed by atoms with van der Waals surface area (Å²) in [6, 6.07) is 0. The van der Waals surface area contributed by atoms with Crippen LogP contribution in [0.1, 0.15) is 12.0 Å². The van der Waals surface area contributed by atoms with Gasteiger partial charge in [-0.1, -0.05) is 0 Å². The van der Waals surface area contributed by atoms with Gasteiger partial charge in [-0.25, -0.2) is 9.97 Å². The van der Waals surface area contributed by atoms with Crippen LogP contribution >= 0.6 is 0 Å². The topological polar surface area (TPSA) is 64.3 Å². The Kier molecular flexibility index (Phi) is 4.07. The number of nitrogens with two attached hydrogens (primary N) is 1. The Bertz CT molecular complexity index is 308. The third kappa shape index (κ3) is 3.43. The highest BCUT2D eigenvalue weighted by Gasteiger charge is 2.09. The highest BCUT2D eigenvalue weighted by atomic mass is 16.5. The standard InChI is InChI=1S/C11H17N4O/c12-11-13-8-10(9-14-11)2-1-3-15-4-6-16-7-5-15/h8H,1-7H2,(H2,12,13,14). The van der Waals surface area contributed by atoms with E-state index in [2.05, 4.69) is 21.1 Å². The molecule has 0 bridgehead atoms. The Morgan fingerprint density at radius 1 is 1.44 bits per heavy atom. The molecule has 1 saturated heterocycles. The van der Waals surface area contributed by atoms with Gasteiger partial charge in [0.25, 0.3) is 0 Å². The van der Waals surface area contributed by atoms with Crippen LogP contribution < -0.4 is 5.73 Å². The summed E-state index contributed by atoms with van der Waals surface area (Å²) < 4.78 is 5.30. The number of aromatic nitrogens is 2. The quantitative estimate of drug-likeness (QED) is 0.782. The molecule has 2 rings (SSSR count). The number of nitrogen functional groups attached to an aromatic ring is 1. The fourth-order valence-corrected chi connectivity index (χ4v) is 1.77. The van der Waals surface area contributed by atoms with Crippen molar-refractivity contribution in [3.8, 4) is 0 Å². The number of rotatable bonds is 4. The summed E-state index contributed by atoms with van der Waals surface area (Å²) in [5.74, 6) is 0.289. The molecule has 0 aliphatic carbocycles. The van der Waals surface area contributed by atoms with Gasteiger partial charge in [-0.05, 0) is 24.9 Å². The van der Waals surface area contributed by atoms with Gasteiger partial charge in [-0.2, -0.15) is 0 Å². The van der Waals surface area contributed by atoms with Gasteiger partial charge in [-0.3, -0.25) is 4.90 Å². The van der Waals surface area contributed by atoms with Crippen molar-refractivity contribution in [1.29, 1.82) is 0 Å². The van der Waals surface area contributed by atoms with Crippen LogP contribution in [0.2, 0.25) is 0 Å². The Balaban J connectivity index is 1.69. The summed E-state index contributed by atoms with van der Waals surface area (Å²) in [7, 11) is 0. The minimum Gasteiger partial charge on any atom is -0.379 e. The van der Waals surface area contributed by atoms with Crippen molar-refractivity contribution in [2.75, 3.05) is 38.6 Å². The first-order valence-electron chi connectivity index (χ1n) is 5.64. The van der Waals surface area contributed by atoms with Crippen LogP contribution in [0.5, 0.6) is 0 Å². The van der Waals surface area contributed by atoms with E-state index < -0.39 is 0 Å². The number of hydrogen-bond acceptors (Lipinski definition) is 5. The molecule has 0 aromatic carbocycles. The number of nitrogens with zero attached hydrogens (tertiary/aromatic N) is 3. The first-order valence-corrected chi connectivity index (χ1v) is 5.64. The fourth-order valence-electron chi connectivity index (χ4n) is 1.77. The summed E-state index contributed by atoms with van der Waals surface area (Å²) in [5, 5.41) is 0. The third-order valence-corrected chi connectivity index (χ3v) is 2.69. The summed E-state index contributed by atoms with van der Waals surface area (Å²) in [5.41, 5.74) is 6.43. The summed E-state index contributed by atoms with van der Waals surface area (Å²) in [6.45, 7) is 4.90. The molecule has 1 fully saturated rings. The maximum atomic E-state index is 5.40. The maximum Gasteiger partial charge on any atom is 0.220 e. The summed E-state index contributed by atoms with van der Waals surface area (Å²) in [6.07, 6.45) is 6.70. The molecule has 1 aromatic rings. The highest BCUT2D eigenvalue weighted by molar-refractivity contribution is 5.16. The average Bonchev–Trinajstić information content (AvgIpc) is 2.33. The van der Waals surface area contributed by atoms with Crippen LogP contribution in [0.3, 0.4) is 0 Å². The number of ether oxygens (including phenoxy) is 1. The highest BCUT2D eigenvalue weighted by Crippen LogP contribution is 2.03. The molecular formula is C11H17N4O. The lowest BCUT2D eigenvalue weighted by Crippen LogP contribution is -2.36. The molecule has 2 heterocycles. The molecule has 1 aliphatic rings. The number of aryl methyl sites for hydroxylation is 1. The van der Waals surface area contributed by atoms with Crippen LogP contribution in [0, 0.1) is 6.20 Å². The van der Waals surface area contributed by atoms with E-state index >= 15 is 0 Å². The molecule has 1 aromatic heterocycles. The Morgan fingerprint density at radius 2 is 2.25 bits per heavy atom. The molecule has 1 radical (unpaired) electrons. The van der Waals surface area contributed by atoms with Gasteiger partial charge in [0.2, 0.25) is 5.95 Å². The van der Waals surface area contributed by atoms with Gasteiger partial charge < -0.3 is 10.5 Å². The average molecular weight is 221 g/mol. The van der Waals surface area contributed by atoms with E-state index in [1.165, 1.54) is 0 Å². The van der Waals surface area contributed by atoms with Crippen LogP contribution in [-0.2, 0) is 11.2 Å². The lowest BCUT2D eigenvalue weighted by molar-refractivity contribution is 0.0374. The second-order valence-electron chi connectivity index (χ2n) is 3.92. The molecule has 2 N–H and O–H groups in total. The van der Waals surface area contributed by atoms with Crippen LogP contribution in [-0.4, -0.2) is 47.7 Å². The van der Waals surface area contributed by atoms with Gasteiger partial charge in [0, 0.05) is 19.3 Å². The second kappa shape index (κ2) is 5.77. The van der Waals surface area contributed by atoms with E-state index in [-0.39, 0.29) is 5.95 Å². The zero-order valence-electron chi connectivity index (χ0n) is 9.35. The van der Waals surface area contributed by atoms with Crippen molar-refractivity contribution in [1.82, 2.24) is 14.9 Å². The molecule has 0 saturated carbocycles. The molecule has 87 valence electrons. The van der Waals surface area contributed by atoms with E-state index in [9.17, 15) is 0 Å². The van der Waals surface area contributed by atoms with Gasteiger partial charge in [-0.15, -0.1) is 0 Å². The first kappa shape index (κ1) is 11.3. The number of morpholine rings is 1. The predicted octanol–water partition coefficient (Wildman–Crippen LogP) is 0.124.